The summed E-state index contributed by atoms with van der Waals surface area (Å²) < 4.78 is 4.96. The number of hydrogen-bond donors (Lipinski definition) is 1. The average Bonchev–Trinajstić information content (AvgIpc) is 2.02. The van der Waals surface area contributed by atoms with Crippen molar-refractivity contribution in [1.29, 1.82) is 0 Å². The molecule has 0 radical (unpaired) electrons. The van der Waals surface area contributed by atoms with Crippen molar-refractivity contribution in [1.82, 2.24) is 20.4 Å². The number of amides is 1. The molecule has 0 unspecified atom stereocenters. The number of ether oxygens (including phenoxy) is 1. The Morgan fingerprint density at radius 2 is 1.93 bits per heavy atom. The minimum atomic E-state index is -0.632. The molecule has 0 aromatic carbocycles. The van der Waals surface area contributed by atoms with E-state index in [2.05, 4.69) is 25.7 Å². The van der Waals surface area contributed by atoms with E-state index in [9.17, 15) is 4.79 Å². The van der Waals surface area contributed by atoms with Gasteiger partial charge in [-0.1, -0.05) is 0 Å². The Bertz CT molecular complexity index is 308. The SMILES string of the molecule is CC(C)(C)OC(=O)Nc1nncnn1. The highest BCUT2D eigenvalue weighted by atomic mass is 16.6. The number of nitrogens with one attached hydrogen (secondary N) is 1. The summed E-state index contributed by atoms with van der Waals surface area (Å²) in [6, 6.07) is 0. The highest BCUT2D eigenvalue weighted by molar-refractivity contribution is 5.82. The van der Waals surface area contributed by atoms with Gasteiger partial charge in [-0.25, -0.2) is 4.79 Å². The second kappa shape index (κ2) is 3.95. The Labute approximate surface area is 80.9 Å². The Balaban J connectivity index is 2.50. The van der Waals surface area contributed by atoms with Crippen molar-refractivity contribution in [3.8, 4) is 0 Å². The molecule has 0 bridgehead atoms. The molecule has 1 aromatic rings. The van der Waals surface area contributed by atoms with Crippen molar-refractivity contribution in [3.63, 3.8) is 0 Å². The van der Waals surface area contributed by atoms with Crippen molar-refractivity contribution in [3.05, 3.63) is 6.33 Å². The van der Waals surface area contributed by atoms with Crippen LogP contribution in [0, 0.1) is 0 Å². The van der Waals surface area contributed by atoms with Crippen LogP contribution in [0.25, 0.3) is 0 Å². The molecule has 0 saturated heterocycles. The molecule has 0 aliphatic carbocycles. The van der Waals surface area contributed by atoms with Gasteiger partial charge in [0.15, 0.2) is 6.33 Å². The molecule has 1 heterocycles. The smallest absolute Gasteiger partial charge is 0.414 e. The van der Waals surface area contributed by atoms with Crippen LogP contribution in [0.5, 0.6) is 0 Å². The number of anilines is 1. The summed E-state index contributed by atoms with van der Waals surface area (Å²) in [4.78, 5) is 11.2. The normalized spacial score (nSPS) is 10.8. The first-order valence-electron chi connectivity index (χ1n) is 3.98. The second-order valence-electron chi connectivity index (χ2n) is 3.50. The quantitative estimate of drug-likeness (QED) is 0.709. The van der Waals surface area contributed by atoms with E-state index in [-0.39, 0.29) is 5.95 Å². The summed E-state index contributed by atoms with van der Waals surface area (Å²) >= 11 is 0. The van der Waals surface area contributed by atoms with Gasteiger partial charge in [0.2, 0.25) is 0 Å². The van der Waals surface area contributed by atoms with E-state index in [4.69, 9.17) is 4.74 Å². The minimum Gasteiger partial charge on any atom is -0.444 e. The monoisotopic (exact) mass is 197 g/mol. The van der Waals surface area contributed by atoms with Gasteiger partial charge in [0.1, 0.15) is 5.60 Å². The van der Waals surface area contributed by atoms with E-state index in [1.165, 1.54) is 6.33 Å². The van der Waals surface area contributed by atoms with Gasteiger partial charge in [-0.05, 0) is 20.8 Å². The number of aromatic nitrogens is 4. The van der Waals surface area contributed by atoms with Gasteiger partial charge in [0.25, 0.3) is 5.95 Å². The highest BCUT2D eigenvalue weighted by Gasteiger charge is 2.16. The number of nitrogens with zero attached hydrogens (tertiary/aromatic N) is 4. The second-order valence-corrected chi connectivity index (χ2v) is 3.50. The molecule has 7 nitrogen and oxygen atoms in total. The molecule has 0 spiro atoms. The first-order valence-corrected chi connectivity index (χ1v) is 3.98. The molecule has 1 rings (SSSR count). The highest BCUT2D eigenvalue weighted by Crippen LogP contribution is 2.07. The van der Waals surface area contributed by atoms with Crippen LogP contribution < -0.4 is 5.32 Å². The van der Waals surface area contributed by atoms with Crippen molar-refractivity contribution in [2.75, 3.05) is 5.32 Å². The molecule has 0 atom stereocenters. The Kier molecular flexibility index (Phi) is 2.90. The third-order valence-corrected chi connectivity index (χ3v) is 1.02. The van der Waals surface area contributed by atoms with Crippen LogP contribution in [0.2, 0.25) is 0 Å². The van der Waals surface area contributed by atoms with Gasteiger partial charge >= 0.3 is 6.09 Å². The molecular weight excluding hydrogens is 186 g/mol. The van der Waals surface area contributed by atoms with Crippen LogP contribution in [0.4, 0.5) is 10.7 Å². The summed E-state index contributed by atoms with van der Waals surface area (Å²) in [5.41, 5.74) is -0.556. The maximum Gasteiger partial charge on any atom is 0.414 e. The number of carbonyl (C=O) groups is 1. The van der Waals surface area contributed by atoms with Gasteiger partial charge < -0.3 is 4.74 Å². The van der Waals surface area contributed by atoms with Crippen molar-refractivity contribution in [2.45, 2.75) is 26.4 Å². The van der Waals surface area contributed by atoms with E-state index in [0.29, 0.717) is 0 Å². The van der Waals surface area contributed by atoms with E-state index in [1.54, 1.807) is 20.8 Å². The van der Waals surface area contributed by atoms with E-state index < -0.39 is 11.7 Å². The number of carbonyl (C=O) groups excluding carboxylic acids is 1. The molecule has 76 valence electrons. The maximum absolute atomic E-state index is 11.2. The van der Waals surface area contributed by atoms with Gasteiger partial charge in [-0.2, -0.15) is 0 Å². The molecule has 1 amide bonds. The van der Waals surface area contributed by atoms with E-state index in [0.717, 1.165) is 0 Å². The zero-order chi connectivity index (χ0) is 10.6. The van der Waals surface area contributed by atoms with Gasteiger partial charge in [-0.15, -0.1) is 20.4 Å². The molecule has 0 saturated carbocycles. The third-order valence-electron chi connectivity index (χ3n) is 1.02. The Morgan fingerprint density at radius 3 is 2.43 bits per heavy atom. The van der Waals surface area contributed by atoms with Crippen molar-refractivity contribution >= 4 is 12.0 Å². The van der Waals surface area contributed by atoms with Crippen molar-refractivity contribution in [2.24, 2.45) is 0 Å². The van der Waals surface area contributed by atoms with Crippen molar-refractivity contribution < 1.29 is 9.53 Å². The summed E-state index contributed by atoms with van der Waals surface area (Å²) in [6.45, 7) is 5.28. The zero-order valence-electron chi connectivity index (χ0n) is 8.18. The lowest BCUT2D eigenvalue weighted by atomic mass is 10.2. The lowest BCUT2D eigenvalue weighted by Crippen LogP contribution is -2.28. The largest absolute Gasteiger partial charge is 0.444 e. The fourth-order valence-electron chi connectivity index (χ4n) is 0.649. The van der Waals surface area contributed by atoms with Crippen LogP contribution in [-0.4, -0.2) is 32.1 Å². The van der Waals surface area contributed by atoms with Crippen LogP contribution in [0.1, 0.15) is 20.8 Å². The lowest BCUT2D eigenvalue weighted by molar-refractivity contribution is 0.0634. The van der Waals surface area contributed by atoms with Gasteiger partial charge in [0, 0.05) is 0 Å². The maximum atomic E-state index is 11.2. The zero-order valence-corrected chi connectivity index (χ0v) is 8.18. The molecule has 1 aromatic heterocycles. The fraction of sp³-hybridized carbons (Fsp3) is 0.571. The average molecular weight is 197 g/mol. The molecule has 7 heteroatoms. The standard InChI is InChI=1S/C7H11N5O2/c1-7(2,3)14-6(13)10-5-11-8-4-9-12-5/h4H,1-3H3,(H,10,11,12,13). The summed E-state index contributed by atoms with van der Waals surface area (Å²) in [6.07, 6.45) is 0.535. The van der Waals surface area contributed by atoms with Gasteiger partial charge in [-0.3, -0.25) is 5.32 Å². The van der Waals surface area contributed by atoms with Gasteiger partial charge in [0.05, 0.1) is 0 Å². The first kappa shape index (κ1) is 10.3. The first-order chi connectivity index (χ1) is 6.47. The molecule has 0 fully saturated rings. The Hall–Kier alpha value is -1.79. The summed E-state index contributed by atoms with van der Waals surface area (Å²) in [5.74, 6) is 0.0155. The van der Waals surface area contributed by atoms with Crippen LogP contribution >= 0.6 is 0 Å². The molecule has 14 heavy (non-hydrogen) atoms. The van der Waals surface area contributed by atoms with E-state index in [1.807, 2.05) is 0 Å². The summed E-state index contributed by atoms with van der Waals surface area (Å²) in [5, 5.41) is 16.2. The lowest BCUT2D eigenvalue weighted by Gasteiger charge is -2.18. The third kappa shape index (κ3) is 3.74. The van der Waals surface area contributed by atoms with E-state index >= 15 is 0 Å². The fourth-order valence-corrected chi connectivity index (χ4v) is 0.649. The molecule has 0 aliphatic heterocycles. The molecule has 1 N–H and O–H groups in total. The number of rotatable bonds is 1. The summed E-state index contributed by atoms with van der Waals surface area (Å²) in [7, 11) is 0. The van der Waals surface area contributed by atoms with Crippen LogP contribution in [0.3, 0.4) is 0 Å². The minimum absolute atomic E-state index is 0.0155. The molecule has 0 aliphatic rings. The van der Waals surface area contributed by atoms with Crippen LogP contribution in [-0.2, 0) is 4.74 Å². The predicted octanol–water partition coefficient (Wildman–Crippen LogP) is 0.614. The van der Waals surface area contributed by atoms with Crippen LogP contribution in [0.15, 0.2) is 6.33 Å². The topological polar surface area (TPSA) is 89.9 Å². The number of hydrogen-bond acceptors (Lipinski definition) is 6. The molecular formula is C7H11N5O2. The predicted molar refractivity (Wildman–Crippen MR) is 47.5 cm³/mol. The Morgan fingerprint density at radius 1 is 1.36 bits per heavy atom.